The molecule has 3 heterocycles. The van der Waals surface area contributed by atoms with Crippen molar-refractivity contribution in [3.63, 3.8) is 0 Å². The highest BCUT2D eigenvalue weighted by Gasteiger charge is 2.50. The second-order valence-electron chi connectivity index (χ2n) is 8.13. The number of fused-ring (bicyclic) bond motifs is 2. The summed E-state index contributed by atoms with van der Waals surface area (Å²) in [5.74, 6) is -1.59. The SMILES string of the molecule is Cc1ccc(N2CCN3C(=O)C(=O)[N+](CC(=O)N4CCCc5ccccc54)=NC32)cc1. The van der Waals surface area contributed by atoms with Crippen LogP contribution in [0.25, 0.3) is 0 Å². The lowest BCUT2D eigenvalue weighted by Gasteiger charge is -2.29. The predicted molar refractivity (Wildman–Crippen MR) is 114 cm³/mol. The van der Waals surface area contributed by atoms with E-state index in [-0.39, 0.29) is 12.5 Å². The molecule has 0 spiro atoms. The average Bonchev–Trinajstić information content (AvgIpc) is 3.21. The quantitative estimate of drug-likeness (QED) is 0.564. The van der Waals surface area contributed by atoms with Gasteiger partial charge in [-0.1, -0.05) is 35.9 Å². The van der Waals surface area contributed by atoms with Gasteiger partial charge in [-0.2, -0.15) is 0 Å². The van der Waals surface area contributed by atoms with Crippen LogP contribution in [-0.2, 0) is 20.8 Å². The molecule has 31 heavy (non-hydrogen) atoms. The third kappa shape index (κ3) is 3.37. The molecule has 0 saturated carbocycles. The number of para-hydroxylation sites is 1. The molecular weight excluding hydrogens is 394 g/mol. The Morgan fingerprint density at radius 3 is 2.58 bits per heavy atom. The van der Waals surface area contributed by atoms with Crippen molar-refractivity contribution < 1.29 is 19.1 Å². The molecule has 0 N–H and O–H groups in total. The molecule has 0 radical (unpaired) electrons. The molecular formula is C23H24N5O3+. The standard InChI is InChI=1S/C23H24N5O3/c1-16-8-10-18(11-9-16)25-13-14-27-21(30)22(31)28(24-23(25)27)15-20(29)26-12-4-6-17-5-2-3-7-19(17)26/h2-3,5,7-11,23H,4,6,12-15H2,1H3/q+1. The molecule has 1 fully saturated rings. The van der Waals surface area contributed by atoms with Crippen LogP contribution in [0.1, 0.15) is 17.5 Å². The molecule has 0 bridgehead atoms. The minimum absolute atomic E-state index is 0.231. The molecule has 3 amide bonds. The number of nitrogens with zero attached hydrogens (tertiary/aromatic N) is 5. The van der Waals surface area contributed by atoms with Crippen molar-refractivity contribution in [2.24, 2.45) is 5.11 Å². The first-order valence-electron chi connectivity index (χ1n) is 10.6. The van der Waals surface area contributed by atoms with E-state index in [4.69, 9.17) is 0 Å². The lowest BCUT2D eigenvalue weighted by Crippen LogP contribution is -2.53. The lowest BCUT2D eigenvalue weighted by molar-refractivity contribution is -0.509. The van der Waals surface area contributed by atoms with Crippen LogP contribution in [0.2, 0.25) is 0 Å². The van der Waals surface area contributed by atoms with Crippen molar-refractivity contribution >= 4 is 29.1 Å². The smallest absolute Gasteiger partial charge is 0.326 e. The summed E-state index contributed by atoms with van der Waals surface area (Å²) < 4.78 is 1.05. The third-order valence-electron chi connectivity index (χ3n) is 6.12. The van der Waals surface area contributed by atoms with Crippen LogP contribution in [-0.4, -0.2) is 59.8 Å². The average molecular weight is 418 g/mol. The van der Waals surface area contributed by atoms with E-state index in [1.807, 2.05) is 60.4 Å². The fourth-order valence-corrected chi connectivity index (χ4v) is 4.47. The molecule has 5 rings (SSSR count). The molecule has 3 aliphatic heterocycles. The minimum Gasteiger partial charge on any atom is -0.326 e. The van der Waals surface area contributed by atoms with Gasteiger partial charge in [0.25, 0.3) is 18.7 Å². The number of azo groups is 2. The van der Waals surface area contributed by atoms with Gasteiger partial charge in [-0.15, -0.1) is 0 Å². The Bertz CT molecular complexity index is 1090. The summed E-state index contributed by atoms with van der Waals surface area (Å²) in [6.45, 7) is 3.37. The Morgan fingerprint density at radius 2 is 1.77 bits per heavy atom. The maximum absolute atomic E-state index is 13.1. The van der Waals surface area contributed by atoms with Crippen LogP contribution < -0.4 is 9.80 Å². The van der Waals surface area contributed by atoms with Crippen LogP contribution in [0.3, 0.4) is 0 Å². The summed E-state index contributed by atoms with van der Waals surface area (Å²) in [6.07, 6.45) is 1.17. The van der Waals surface area contributed by atoms with Crippen molar-refractivity contribution in [3.8, 4) is 0 Å². The summed E-state index contributed by atoms with van der Waals surface area (Å²) in [4.78, 5) is 43.6. The molecule has 2 aromatic carbocycles. The van der Waals surface area contributed by atoms with Crippen LogP contribution in [0, 0.1) is 6.92 Å². The fourth-order valence-electron chi connectivity index (χ4n) is 4.47. The summed E-state index contributed by atoms with van der Waals surface area (Å²) in [6, 6.07) is 15.8. The van der Waals surface area contributed by atoms with Crippen molar-refractivity contribution in [1.29, 1.82) is 0 Å². The number of aryl methyl sites for hydroxylation is 2. The van der Waals surface area contributed by atoms with Crippen LogP contribution in [0.15, 0.2) is 53.6 Å². The lowest BCUT2D eigenvalue weighted by atomic mass is 10.0. The largest absolute Gasteiger partial charge is 0.502 e. The number of carbonyl (C=O) groups is 3. The highest BCUT2D eigenvalue weighted by molar-refractivity contribution is 6.32. The predicted octanol–water partition coefficient (Wildman–Crippen LogP) is 1.91. The van der Waals surface area contributed by atoms with Crippen LogP contribution in [0.4, 0.5) is 11.4 Å². The summed E-state index contributed by atoms with van der Waals surface area (Å²) in [7, 11) is 0. The highest BCUT2D eigenvalue weighted by Crippen LogP contribution is 2.29. The maximum Gasteiger partial charge on any atom is 0.502 e. The van der Waals surface area contributed by atoms with Crippen LogP contribution >= 0.6 is 0 Å². The Morgan fingerprint density at radius 1 is 1.03 bits per heavy atom. The number of hydrogen-bond donors (Lipinski definition) is 0. The van der Waals surface area contributed by atoms with Gasteiger partial charge in [0, 0.05) is 36.1 Å². The van der Waals surface area contributed by atoms with E-state index in [0.717, 1.165) is 40.0 Å². The number of benzene rings is 2. The van der Waals surface area contributed by atoms with Gasteiger partial charge in [-0.05, 0) is 48.2 Å². The molecule has 8 nitrogen and oxygen atoms in total. The second kappa shape index (κ2) is 7.61. The van der Waals surface area contributed by atoms with Gasteiger partial charge in [-0.3, -0.25) is 14.5 Å². The van der Waals surface area contributed by atoms with E-state index >= 15 is 0 Å². The minimum atomic E-state index is -0.749. The molecule has 158 valence electrons. The van der Waals surface area contributed by atoms with E-state index in [1.165, 1.54) is 4.90 Å². The van der Waals surface area contributed by atoms with Gasteiger partial charge in [-0.25, -0.2) is 4.79 Å². The van der Waals surface area contributed by atoms with E-state index in [0.29, 0.717) is 19.6 Å². The zero-order valence-electron chi connectivity index (χ0n) is 17.4. The molecule has 0 aromatic heterocycles. The van der Waals surface area contributed by atoms with Crippen molar-refractivity contribution in [1.82, 2.24) is 4.90 Å². The first-order chi connectivity index (χ1) is 15.0. The van der Waals surface area contributed by atoms with Gasteiger partial charge in [0.2, 0.25) is 0 Å². The Balaban J connectivity index is 1.42. The van der Waals surface area contributed by atoms with Crippen molar-refractivity contribution in [3.05, 3.63) is 59.7 Å². The third-order valence-corrected chi connectivity index (χ3v) is 6.12. The Labute approximate surface area is 180 Å². The molecule has 2 aromatic rings. The van der Waals surface area contributed by atoms with Gasteiger partial charge in [0.05, 0.1) is 0 Å². The van der Waals surface area contributed by atoms with Crippen molar-refractivity contribution in [2.45, 2.75) is 26.1 Å². The number of carbonyl (C=O) groups excluding carboxylic acids is 3. The molecule has 1 atom stereocenters. The topological polar surface area (TPSA) is 76.3 Å². The first-order valence-corrected chi connectivity index (χ1v) is 10.6. The summed E-state index contributed by atoms with van der Waals surface area (Å²) in [5.41, 5.74) is 4.06. The summed E-state index contributed by atoms with van der Waals surface area (Å²) >= 11 is 0. The van der Waals surface area contributed by atoms with Gasteiger partial charge >= 0.3 is 11.8 Å². The van der Waals surface area contributed by atoms with Gasteiger partial charge in [0.15, 0.2) is 0 Å². The van der Waals surface area contributed by atoms with E-state index in [9.17, 15) is 14.4 Å². The normalized spacial score (nSPS) is 20.5. The van der Waals surface area contributed by atoms with E-state index in [2.05, 4.69) is 5.11 Å². The zero-order valence-corrected chi connectivity index (χ0v) is 17.4. The molecule has 3 aliphatic rings. The number of anilines is 2. The number of amides is 3. The van der Waals surface area contributed by atoms with Gasteiger partial charge < -0.3 is 9.80 Å². The molecule has 1 saturated heterocycles. The summed E-state index contributed by atoms with van der Waals surface area (Å²) in [5, 5.41) is 4.51. The zero-order chi connectivity index (χ0) is 21.5. The molecule has 0 aliphatic carbocycles. The monoisotopic (exact) mass is 418 g/mol. The van der Waals surface area contributed by atoms with Crippen molar-refractivity contribution in [2.75, 3.05) is 36.0 Å². The Hall–Kier alpha value is -3.55. The Kier molecular flexibility index (Phi) is 4.77. The number of rotatable bonds is 3. The number of hydrogen-bond acceptors (Lipinski definition) is 5. The highest BCUT2D eigenvalue weighted by atomic mass is 16.2. The van der Waals surface area contributed by atoms with E-state index < -0.39 is 18.1 Å². The maximum atomic E-state index is 13.1. The fraction of sp³-hybridized carbons (Fsp3) is 0.348. The molecule has 8 heteroatoms. The van der Waals surface area contributed by atoms with Gasteiger partial charge in [0.1, 0.15) is 0 Å². The van der Waals surface area contributed by atoms with E-state index in [1.54, 1.807) is 4.90 Å². The second-order valence-corrected chi connectivity index (χ2v) is 8.13. The van der Waals surface area contributed by atoms with Crippen LogP contribution in [0.5, 0.6) is 0 Å². The first kappa shape index (κ1) is 19.4. The molecule has 1 unspecified atom stereocenters.